The zero-order valence-corrected chi connectivity index (χ0v) is 8.53. The van der Waals surface area contributed by atoms with Crippen molar-refractivity contribution in [3.63, 3.8) is 0 Å². The Morgan fingerprint density at radius 2 is 2.57 bits per heavy atom. The lowest BCUT2D eigenvalue weighted by Crippen LogP contribution is -2.41. The Balaban J connectivity index is 2.77. The highest BCUT2D eigenvalue weighted by Gasteiger charge is 2.22. The lowest BCUT2D eigenvalue weighted by atomic mass is 10.0. The normalized spacial score (nSPS) is 27.7. The van der Waals surface area contributed by atoms with E-state index in [0.717, 1.165) is 12.1 Å². The SMILES string of the molecule is CCC=NC1=CC(C(=O)O)NCC1C. The molecule has 4 heteroatoms. The van der Waals surface area contributed by atoms with Crippen LogP contribution in [0.4, 0.5) is 0 Å². The molecule has 1 rings (SSSR count). The fourth-order valence-corrected chi connectivity index (χ4v) is 1.33. The number of carbonyl (C=O) groups is 1. The summed E-state index contributed by atoms with van der Waals surface area (Å²) in [6.45, 7) is 4.71. The maximum Gasteiger partial charge on any atom is 0.324 e. The van der Waals surface area contributed by atoms with E-state index in [4.69, 9.17) is 5.11 Å². The maximum atomic E-state index is 10.7. The van der Waals surface area contributed by atoms with Crippen LogP contribution in [0.3, 0.4) is 0 Å². The number of carboxylic acids is 1. The molecule has 0 spiro atoms. The van der Waals surface area contributed by atoms with Crippen molar-refractivity contribution >= 4 is 12.2 Å². The molecule has 2 atom stereocenters. The average Bonchev–Trinajstić information content (AvgIpc) is 2.16. The fourth-order valence-electron chi connectivity index (χ4n) is 1.33. The van der Waals surface area contributed by atoms with Crippen LogP contribution in [0, 0.1) is 5.92 Å². The van der Waals surface area contributed by atoms with Crippen molar-refractivity contribution in [1.82, 2.24) is 5.32 Å². The van der Waals surface area contributed by atoms with Gasteiger partial charge in [0.1, 0.15) is 6.04 Å². The van der Waals surface area contributed by atoms with E-state index in [2.05, 4.69) is 10.3 Å². The van der Waals surface area contributed by atoms with Crippen molar-refractivity contribution in [3.8, 4) is 0 Å². The molecular formula is C10H16N2O2. The van der Waals surface area contributed by atoms with E-state index in [1.165, 1.54) is 0 Å². The highest BCUT2D eigenvalue weighted by atomic mass is 16.4. The van der Waals surface area contributed by atoms with Crippen LogP contribution < -0.4 is 5.32 Å². The molecule has 1 heterocycles. The van der Waals surface area contributed by atoms with Gasteiger partial charge in [-0.2, -0.15) is 0 Å². The molecule has 0 bridgehead atoms. The third kappa shape index (κ3) is 2.67. The van der Waals surface area contributed by atoms with E-state index in [9.17, 15) is 4.79 Å². The number of hydrogen-bond acceptors (Lipinski definition) is 3. The van der Waals surface area contributed by atoms with Gasteiger partial charge in [-0.1, -0.05) is 13.8 Å². The van der Waals surface area contributed by atoms with Crippen molar-refractivity contribution in [2.24, 2.45) is 10.9 Å². The van der Waals surface area contributed by atoms with Gasteiger partial charge in [0.05, 0.1) is 0 Å². The summed E-state index contributed by atoms with van der Waals surface area (Å²) in [5, 5.41) is 11.7. The molecular weight excluding hydrogens is 180 g/mol. The Hall–Kier alpha value is -1.16. The van der Waals surface area contributed by atoms with E-state index in [-0.39, 0.29) is 5.92 Å². The molecule has 2 N–H and O–H groups in total. The standard InChI is InChI=1S/C10H16N2O2/c1-3-4-11-8-5-9(10(13)14)12-6-7(8)2/h4-5,7,9,12H,3,6H2,1-2H3,(H,13,14). The number of carboxylic acid groups (broad SMARTS) is 1. The maximum absolute atomic E-state index is 10.7. The van der Waals surface area contributed by atoms with E-state index < -0.39 is 12.0 Å². The predicted molar refractivity (Wildman–Crippen MR) is 55.5 cm³/mol. The smallest absolute Gasteiger partial charge is 0.324 e. The average molecular weight is 196 g/mol. The fraction of sp³-hybridized carbons (Fsp3) is 0.600. The Bertz CT molecular complexity index is 271. The molecule has 0 aliphatic carbocycles. The van der Waals surface area contributed by atoms with Gasteiger partial charge < -0.3 is 10.4 Å². The summed E-state index contributed by atoms with van der Waals surface area (Å²) in [6.07, 6.45) is 4.37. The van der Waals surface area contributed by atoms with Gasteiger partial charge in [0, 0.05) is 24.4 Å². The highest BCUT2D eigenvalue weighted by molar-refractivity contribution is 5.76. The molecule has 1 aliphatic heterocycles. The largest absolute Gasteiger partial charge is 0.480 e. The topological polar surface area (TPSA) is 61.7 Å². The summed E-state index contributed by atoms with van der Waals surface area (Å²) < 4.78 is 0. The van der Waals surface area contributed by atoms with Crippen LogP contribution in [0.5, 0.6) is 0 Å². The van der Waals surface area contributed by atoms with Crippen molar-refractivity contribution in [3.05, 3.63) is 11.8 Å². The van der Waals surface area contributed by atoms with Crippen molar-refractivity contribution in [2.75, 3.05) is 6.54 Å². The molecule has 0 aromatic heterocycles. The van der Waals surface area contributed by atoms with Gasteiger partial charge in [-0.3, -0.25) is 9.79 Å². The van der Waals surface area contributed by atoms with Gasteiger partial charge in [-0.05, 0) is 12.5 Å². The molecule has 14 heavy (non-hydrogen) atoms. The first kappa shape index (κ1) is 10.9. The minimum absolute atomic E-state index is 0.286. The van der Waals surface area contributed by atoms with Gasteiger partial charge in [-0.25, -0.2) is 0 Å². The molecule has 0 saturated carbocycles. The van der Waals surface area contributed by atoms with Crippen LogP contribution in [0.2, 0.25) is 0 Å². The number of nitrogens with zero attached hydrogens (tertiary/aromatic N) is 1. The zero-order valence-electron chi connectivity index (χ0n) is 8.53. The van der Waals surface area contributed by atoms with Crippen molar-refractivity contribution in [1.29, 1.82) is 0 Å². The number of nitrogens with one attached hydrogen (secondary N) is 1. The van der Waals surface area contributed by atoms with Gasteiger partial charge in [0.2, 0.25) is 0 Å². The van der Waals surface area contributed by atoms with Crippen LogP contribution in [-0.4, -0.2) is 29.9 Å². The first-order chi connectivity index (χ1) is 6.65. The Labute approximate surface area is 83.7 Å². The van der Waals surface area contributed by atoms with Crippen LogP contribution in [0.1, 0.15) is 20.3 Å². The van der Waals surface area contributed by atoms with Gasteiger partial charge in [0.15, 0.2) is 0 Å². The van der Waals surface area contributed by atoms with Crippen LogP contribution in [0.15, 0.2) is 16.8 Å². The van der Waals surface area contributed by atoms with Crippen LogP contribution >= 0.6 is 0 Å². The Morgan fingerprint density at radius 3 is 3.14 bits per heavy atom. The van der Waals surface area contributed by atoms with E-state index in [1.54, 1.807) is 6.08 Å². The van der Waals surface area contributed by atoms with Gasteiger partial charge in [-0.15, -0.1) is 0 Å². The third-order valence-corrected chi connectivity index (χ3v) is 2.18. The van der Waals surface area contributed by atoms with E-state index >= 15 is 0 Å². The minimum Gasteiger partial charge on any atom is -0.480 e. The summed E-state index contributed by atoms with van der Waals surface area (Å²) >= 11 is 0. The third-order valence-electron chi connectivity index (χ3n) is 2.18. The Kier molecular flexibility index (Phi) is 3.83. The summed E-state index contributed by atoms with van der Waals surface area (Å²) in [5.74, 6) is -0.561. The number of hydrogen-bond donors (Lipinski definition) is 2. The van der Waals surface area contributed by atoms with Gasteiger partial charge >= 0.3 is 5.97 Å². The van der Waals surface area contributed by atoms with E-state index in [1.807, 2.05) is 20.1 Å². The summed E-state index contributed by atoms with van der Waals surface area (Å²) in [6, 6.07) is -0.588. The Morgan fingerprint density at radius 1 is 1.86 bits per heavy atom. The number of rotatable bonds is 3. The molecule has 0 aromatic carbocycles. The monoisotopic (exact) mass is 196 g/mol. The summed E-state index contributed by atoms with van der Waals surface area (Å²) in [7, 11) is 0. The molecule has 1 aliphatic rings. The number of aliphatic imine (C=N–C) groups is 1. The van der Waals surface area contributed by atoms with Crippen LogP contribution in [-0.2, 0) is 4.79 Å². The lowest BCUT2D eigenvalue weighted by Gasteiger charge is -2.22. The first-order valence-corrected chi connectivity index (χ1v) is 4.85. The second-order valence-electron chi connectivity index (χ2n) is 3.44. The molecule has 0 amide bonds. The second-order valence-corrected chi connectivity index (χ2v) is 3.44. The summed E-state index contributed by atoms with van der Waals surface area (Å²) in [5.41, 5.74) is 0.873. The zero-order chi connectivity index (χ0) is 10.6. The van der Waals surface area contributed by atoms with Crippen LogP contribution in [0.25, 0.3) is 0 Å². The van der Waals surface area contributed by atoms with Crippen molar-refractivity contribution in [2.45, 2.75) is 26.3 Å². The summed E-state index contributed by atoms with van der Waals surface area (Å²) in [4.78, 5) is 15.0. The molecule has 0 saturated heterocycles. The number of aliphatic carboxylic acids is 1. The molecule has 0 fully saturated rings. The minimum atomic E-state index is -0.846. The van der Waals surface area contributed by atoms with Gasteiger partial charge in [0.25, 0.3) is 0 Å². The quantitative estimate of drug-likeness (QED) is 0.663. The van der Waals surface area contributed by atoms with E-state index in [0.29, 0.717) is 6.54 Å². The molecule has 0 aromatic rings. The second kappa shape index (κ2) is 4.91. The van der Waals surface area contributed by atoms with Crippen molar-refractivity contribution < 1.29 is 9.90 Å². The molecule has 78 valence electrons. The molecule has 2 unspecified atom stereocenters. The highest BCUT2D eigenvalue weighted by Crippen LogP contribution is 2.16. The first-order valence-electron chi connectivity index (χ1n) is 4.85. The molecule has 4 nitrogen and oxygen atoms in total. The lowest BCUT2D eigenvalue weighted by molar-refractivity contribution is -0.138. The predicted octanol–water partition coefficient (Wildman–Crippen LogP) is 1.04. The molecule has 0 radical (unpaired) electrons.